The monoisotopic (exact) mass is 370 g/mol. The van der Waals surface area contributed by atoms with Crippen molar-refractivity contribution in [1.82, 2.24) is 9.97 Å². The molecule has 4 rings (SSSR count). The van der Waals surface area contributed by atoms with Gasteiger partial charge in [0.15, 0.2) is 0 Å². The average Bonchev–Trinajstić information content (AvgIpc) is 3.05. The number of para-hydroxylation sites is 1. The Morgan fingerprint density at radius 3 is 2.54 bits per heavy atom. The first-order valence-electron chi connectivity index (χ1n) is 9.23. The molecule has 2 aromatic carbocycles. The topological polar surface area (TPSA) is 69.8 Å². The molecule has 0 spiro atoms. The van der Waals surface area contributed by atoms with Crippen LogP contribution in [0.3, 0.4) is 0 Å². The van der Waals surface area contributed by atoms with Crippen molar-refractivity contribution in [3.05, 3.63) is 83.7 Å². The number of rotatable bonds is 5. The van der Waals surface area contributed by atoms with Gasteiger partial charge in [0.2, 0.25) is 5.91 Å². The number of fused-ring (bicyclic) bond motifs is 1. The highest BCUT2D eigenvalue weighted by Gasteiger charge is 2.09. The molecule has 4 aromatic rings. The van der Waals surface area contributed by atoms with Gasteiger partial charge >= 0.3 is 0 Å². The lowest BCUT2D eigenvalue weighted by Crippen LogP contribution is -2.15. The summed E-state index contributed by atoms with van der Waals surface area (Å²) in [6.07, 6.45) is 3.90. The van der Waals surface area contributed by atoms with Crippen LogP contribution in [0.15, 0.2) is 67.0 Å². The number of amides is 1. The maximum absolute atomic E-state index is 12.4. The summed E-state index contributed by atoms with van der Waals surface area (Å²) in [5.41, 5.74) is 6.31. The van der Waals surface area contributed by atoms with Gasteiger partial charge in [-0.2, -0.15) is 0 Å². The molecule has 0 unspecified atom stereocenters. The van der Waals surface area contributed by atoms with Crippen molar-refractivity contribution in [2.24, 2.45) is 0 Å². The summed E-state index contributed by atoms with van der Waals surface area (Å²) in [5.74, 6) is 0.447. The van der Waals surface area contributed by atoms with E-state index in [0.29, 0.717) is 12.2 Å². The number of nitrogens with one attached hydrogen (secondary N) is 3. The Kier molecular flexibility index (Phi) is 4.81. The Morgan fingerprint density at radius 1 is 1.00 bits per heavy atom. The Labute approximate surface area is 163 Å². The lowest BCUT2D eigenvalue weighted by molar-refractivity contribution is -0.115. The number of aromatic amines is 1. The molecule has 28 heavy (non-hydrogen) atoms. The van der Waals surface area contributed by atoms with Crippen LogP contribution in [0.4, 0.5) is 17.2 Å². The minimum Gasteiger partial charge on any atom is -0.361 e. The minimum absolute atomic E-state index is 0.0905. The van der Waals surface area contributed by atoms with E-state index < -0.39 is 0 Å². The summed E-state index contributed by atoms with van der Waals surface area (Å²) in [7, 11) is 0. The van der Waals surface area contributed by atoms with Crippen LogP contribution in [-0.4, -0.2) is 15.9 Å². The van der Waals surface area contributed by atoms with Crippen LogP contribution in [0, 0.1) is 13.8 Å². The van der Waals surface area contributed by atoms with Crippen molar-refractivity contribution in [1.29, 1.82) is 0 Å². The molecular formula is C23H22N4O. The predicted molar refractivity (Wildman–Crippen MR) is 114 cm³/mol. The van der Waals surface area contributed by atoms with Gasteiger partial charge in [0.25, 0.3) is 0 Å². The number of pyridine rings is 1. The second-order valence-electron chi connectivity index (χ2n) is 7.02. The SMILES string of the molecule is Cc1cc(C)cc(Nc2ccc(NC(=O)Cc3c[nH]c4ccccc34)nc2)c1. The highest BCUT2D eigenvalue weighted by atomic mass is 16.1. The van der Waals surface area contributed by atoms with Crippen LogP contribution in [-0.2, 0) is 11.2 Å². The summed E-state index contributed by atoms with van der Waals surface area (Å²) >= 11 is 0. The van der Waals surface area contributed by atoms with E-state index in [-0.39, 0.29) is 5.91 Å². The molecule has 0 saturated carbocycles. The number of anilines is 3. The zero-order valence-corrected chi connectivity index (χ0v) is 15.9. The van der Waals surface area contributed by atoms with Crippen molar-refractivity contribution in [3.8, 4) is 0 Å². The third-order valence-electron chi connectivity index (χ3n) is 4.57. The van der Waals surface area contributed by atoms with Crippen LogP contribution in [0.1, 0.15) is 16.7 Å². The van der Waals surface area contributed by atoms with Gasteiger partial charge in [0.1, 0.15) is 5.82 Å². The molecule has 0 aliphatic rings. The highest BCUT2D eigenvalue weighted by Crippen LogP contribution is 2.21. The Morgan fingerprint density at radius 2 is 1.79 bits per heavy atom. The Balaban J connectivity index is 1.40. The van der Waals surface area contributed by atoms with Gasteiger partial charge in [-0.15, -0.1) is 0 Å². The van der Waals surface area contributed by atoms with Gasteiger partial charge in [-0.3, -0.25) is 4.79 Å². The van der Waals surface area contributed by atoms with E-state index in [9.17, 15) is 4.79 Å². The van der Waals surface area contributed by atoms with E-state index in [2.05, 4.69) is 52.6 Å². The molecule has 0 bridgehead atoms. The van der Waals surface area contributed by atoms with Crippen LogP contribution in [0.5, 0.6) is 0 Å². The molecular weight excluding hydrogens is 348 g/mol. The number of hydrogen-bond acceptors (Lipinski definition) is 3. The molecule has 1 amide bonds. The molecule has 2 heterocycles. The fourth-order valence-corrected chi connectivity index (χ4v) is 3.39. The summed E-state index contributed by atoms with van der Waals surface area (Å²) in [4.78, 5) is 19.9. The van der Waals surface area contributed by atoms with E-state index in [1.54, 1.807) is 12.3 Å². The molecule has 0 radical (unpaired) electrons. The molecule has 0 saturated heterocycles. The maximum Gasteiger partial charge on any atom is 0.230 e. The lowest BCUT2D eigenvalue weighted by Gasteiger charge is -2.09. The quantitative estimate of drug-likeness (QED) is 0.457. The number of aromatic nitrogens is 2. The van der Waals surface area contributed by atoms with Gasteiger partial charge in [-0.25, -0.2) is 4.98 Å². The summed E-state index contributed by atoms with van der Waals surface area (Å²) in [5, 5.41) is 7.27. The van der Waals surface area contributed by atoms with Crippen LogP contribution in [0.25, 0.3) is 10.9 Å². The minimum atomic E-state index is -0.0905. The third-order valence-corrected chi connectivity index (χ3v) is 4.57. The Hall–Kier alpha value is -3.60. The fourth-order valence-electron chi connectivity index (χ4n) is 3.39. The maximum atomic E-state index is 12.4. The van der Waals surface area contributed by atoms with E-state index >= 15 is 0 Å². The normalized spacial score (nSPS) is 10.8. The standard InChI is InChI=1S/C23H22N4O/c1-15-9-16(2)11-19(10-15)26-18-7-8-22(25-14-18)27-23(28)12-17-13-24-21-6-4-3-5-20(17)21/h3-11,13-14,24,26H,12H2,1-2H3,(H,25,27,28). The molecule has 3 N–H and O–H groups in total. The first-order chi connectivity index (χ1) is 13.6. The molecule has 2 aromatic heterocycles. The van der Waals surface area contributed by atoms with Gasteiger partial charge in [0.05, 0.1) is 18.3 Å². The second kappa shape index (κ2) is 7.56. The summed E-state index contributed by atoms with van der Waals surface area (Å²) < 4.78 is 0. The van der Waals surface area contributed by atoms with Crippen molar-refractivity contribution in [2.75, 3.05) is 10.6 Å². The molecule has 0 atom stereocenters. The number of hydrogen-bond donors (Lipinski definition) is 3. The van der Waals surface area contributed by atoms with Crippen molar-refractivity contribution < 1.29 is 4.79 Å². The van der Waals surface area contributed by atoms with Gasteiger partial charge in [0, 0.05) is 22.8 Å². The van der Waals surface area contributed by atoms with Crippen molar-refractivity contribution in [2.45, 2.75) is 20.3 Å². The average molecular weight is 370 g/mol. The summed E-state index contributed by atoms with van der Waals surface area (Å²) in [6.45, 7) is 4.14. The van der Waals surface area contributed by atoms with E-state index in [0.717, 1.165) is 27.8 Å². The van der Waals surface area contributed by atoms with Gasteiger partial charge in [-0.05, 0) is 60.9 Å². The number of aryl methyl sites for hydroxylation is 2. The van der Waals surface area contributed by atoms with Crippen LogP contribution >= 0.6 is 0 Å². The number of nitrogens with zero attached hydrogens (tertiary/aromatic N) is 1. The zero-order chi connectivity index (χ0) is 19.5. The van der Waals surface area contributed by atoms with Crippen LogP contribution in [0.2, 0.25) is 0 Å². The zero-order valence-electron chi connectivity index (χ0n) is 15.9. The molecule has 5 heteroatoms. The number of carbonyl (C=O) groups is 1. The number of benzene rings is 2. The van der Waals surface area contributed by atoms with Crippen molar-refractivity contribution >= 4 is 34.0 Å². The lowest BCUT2D eigenvalue weighted by atomic mass is 10.1. The molecule has 0 aliphatic carbocycles. The van der Waals surface area contributed by atoms with Gasteiger partial charge in [-0.1, -0.05) is 24.3 Å². The smallest absolute Gasteiger partial charge is 0.230 e. The van der Waals surface area contributed by atoms with E-state index in [1.807, 2.05) is 36.5 Å². The first-order valence-corrected chi connectivity index (χ1v) is 9.23. The molecule has 0 aliphatic heterocycles. The summed E-state index contributed by atoms with van der Waals surface area (Å²) in [6, 6.07) is 18.0. The molecule has 0 fully saturated rings. The third kappa shape index (κ3) is 4.04. The number of carbonyl (C=O) groups excluding carboxylic acids is 1. The first kappa shape index (κ1) is 17.8. The van der Waals surface area contributed by atoms with Gasteiger partial charge < -0.3 is 15.6 Å². The fraction of sp³-hybridized carbons (Fsp3) is 0.130. The van der Waals surface area contributed by atoms with E-state index in [1.165, 1.54) is 11.1 Å². The van der Waals surface area contributed by atoms with Crippen LogP contribution < -0.4 is 10.6 Å². The van der Waals surface area contributed by atoms with E-state index in [4.69, 9.17) is 0 Å². The number of H-pyrrole nitrogens is 1. The predicted octanol–water partition coefficient (Wildman–Crippen LogP) is 5.10. The second-order valence-corrected chi connectivity index (χ2v) is 7.02. The highest BCUT2D eigenvalue weighted by molar-refractivity contribution is 5.95. The largest absolute Gasteiger partial charge is 0.361 e. The molecule has 140 valence electrons. The Bertz CT molecular complexity index is 1110. The van der Waals surface area contributed by atoms with Crippen molar-refractivity contribution in [3.63, 3.8) is 0 Å². The molecule has 5 nitrogen and oxygen atoms in total.